The summed E-state index contributed by atoms with van der Waals surface area (Å²) in [6.45, 7) is 5.70. The van der Waals surface area contributed by atoms with Crippen molar-refractivity contribution in [3.05, 3.63) is 50.4 Å². The monoisotopic (exact) mass is 367 g/mol. The minimum atomic E-state index is -0.0780. The first-order valence-electron chi connectivity index (χ1n) is 7.00. The molecule has 0 radical (unpaired) electrons. The van der Waals surface area contributed by atoms with E-state index in [1.54, 1.807) is 11.3 Å². The summed E-state index contributed by atoms with van der Waals surface area (Å²) in [6.07, 6.45) is 0.927. The number of thiazole rings is 1. The van der Waals surface area contributed by atoms with Crippen LogP contribution in [0.4, 0.5) is 0 Å². The van der Waals surface area contributed by atoms with Gasteiger partial charge in [0.15, 0.2) is 0 Å². The van der Waals surface area contributed by atoms with E-state index in [0.717, 1.165) is 28.1 Å². The summed E-state index contributed by atoms with van der Waals surface area (Å²) in [5.41, 5.74) is 8.42. The Labute approximate surface area is 139 Å². The van der Waals surface area contributed by atoms with Crippen molar-refractivity contribution in [2.75, 3.05) is 13.6 Å². The summed E-state index contributed by atoms with van der Waals surface area (Å²) >= 11 is 5.17. The van der Waals surface area contributed by atoms with Gasteiger partial charge < -0.3 is 5.73 Å². The Morgan fingerprint density at radius 2 is 2.00 bits per heavy atom. The van der Waals surface area contributed by atoms with Gasteiger partial charge in [-0.15, -0.1) is 11.3 Å². The number of halogens is 1. The van der Waals surface area contributed by atoms with Crippen LogP contribution in [0, 0.1) is 6.92 Å². The molecule has 0 bridgehead atoms. The normalized spacial score (nSPS) is 14.4. The van der Waals surface area contributed by atoms with Gasteiger partial charge >= 0.3 is 0 Å². The average molecular weight is 368 g/mol. The quantitative estimate of drug-likeness (QED) is 0.847. The molecule has 2 rings (SSSR count). The maximum absolute atomic E-state index is 6.08. The van der Waals surface area contributed by atoms with Gasteiger partial charge in [0.25, 0.3) is 0 Å². The third kappa shape index (κ3) is 4.36. The van der Waals surface area contributed by atoms with Crippen LogP contribution >= 0.6 is 27.3 Å². The topological polar surface area (TPSA) is 42.2 Å². The average Bonchev–Trinajstić information content (AvgIpc) is 2.86. The Morgan fingerprint density at radius 3 is 2.52 bits per heavy atom. The van der Waals surface area contributed by atoms with Crippen LogP contribution in [0.2, 0.25) is 0 Å². The lowest BCUT2D eigenvalue weighted by Gasteiger charge is -2.38. The SMILES string of the molecule is Cc1nc(CN(C)C(C)(CN)Cc2ccc(Br)cc2)cs1. The van der Waals surface area contributed by atoms with Crippen molar-refractivity contribution in [2.24, 2.45) is 5.73 Å². The van der Waals surface area contributed by atoms with Crippen LogP contribution in [0.5, 0.6) is 0 Å². The maximum Gasteiger partial charge on any atom is 0.0897 e. The smallest absolute Gasteiger partial charge is 0.0897 e. The second-order valence-electron chi connectivity index (χ2n) is 5.72. The number of nitrogens with zero attached hydrogens (tertiary/aromatic N) is 2. The number of hydrogen-bond acceptors (Lipinski definition) is 4. The molecule has 0 aliphatic heterocycles. The molecule has 1 heterocycles. The van der Waals surface area contributed by atoms with Crippen molar-refractivity contribution < 1.29 is 0 Å². The molecule has 2 aromatic rings. The molecule has 0 amide bonds. The van der Waals surface area contributed by atoms with E-state index >= 15 is 0 Å². The molecule has 21 heavy (non-hydrogen) atoms. The van der Waals surface area contributed by atoms with Crippen LogP contribution in [0.25, 0.3) is 0 Å². The summed E-state index contributed by atoms with van der Waals surface area (Å²) in [5.74, 6) is 0. The minimum absolute atomic E-state index is 0.0780. The Balaban J connectivity index is 2.09. The van der Waals surface area contributed by atoms with Crippen molar-refractivity contribution in [2.45, 2.75) is 32.4 Å². The van der Waals surface area contributed by atoms with E-state index in [1.165, 1.54) is 5.56 Å². The van der Waals surface area contributed by atoms with Gasteiger partial charge in [-0.1, -0.05) is 28.1 Å². The van der Waals surface area contributed by atoms with Crippen molar-refractivity contribution in [3.8, 4) is 0 Å². The van der Waals surface area contributed by atoms with Crippen LogP contribution in [0.15, 0.2) is 34.1 Å². The highest BCUT2D eigenvalue weighted by Crippen LogP contribution is 2.22. The number of hydrogen-bond donors (Lipinski definition) is 1. The molecule has 1 unspecified atom stereocenters. The molecule has 0 aliphatic carbocycles. The van der Waals surface area contributed by atoms with Gasteiger partial charge in [-0.2, -0.15) is 0 Å². The van der Waals surface area contributed by atoms with Crippen LogP contribution < -0.4 is 5.73 Å². The summed E-state index contributed by atoms with van der Waals surface area (Å²) in [6, 6.07) is 8.46. The van der Waals surface area contributed by atoms with Gasteiger partial charge in [0.1, 0.15) is 0 Å². The highest BCUT2D eigenvalue weighted by Gasteiger charge is 2.28. The summed E-state index contributed by atoms with van der Waals surface area (Å²) in [7, 11) is 2.13. The molecule has 5 heteroatoms. The molecule has 0 spiro atoms. The van der Waals surface area contributed by atoms with E-state index in [4.69, 9.17) is 5.73 Å². The fourth-order valence-corrected chi connectivity index (χ4v) is 3.19. The van der Waals surface area contributed by atoms with Crippen LogP contribution in [-0.4, -0.2) is 29.0 Å². The molecule has 114 valence electrons. The lowest BCUT2D eigenvalue weighted by atomic mass is 9.91. The van der Waals surface area contributed by atoms with E-state index in [2.05, 4.69) is 69.4 Å². The fraction of sp³-hybridized carbons (Fsp3) is 0.438. The zero-order valence-corrected chi connectivity index (χ0v) is 15.2. The first kappa shape index (κ1) is 16.6. The Kier molecular flexibility index (Phi) is 5.54. The molecule has 0 saturated carbocycles. The number of benzene rings is 1. The molecule has 0 saturated heterocycles. The number of aryl methyl sites for hydroxylation is 1. The largest absolute Gasteiger partial charge is 0.329 e. The Hall–Kier alpha value is -0.750. The highest BCUT2D eigenvalue weighted by molar-refractivity contribution is 9.10. The molecule has 1 atom stereocenters. The van der Waals surface area contributed by atoms with Crippen LogP contribution in [0.1, 0.15) is 23.2 Å². The second-order valence-corrected chi connectivity index (χ2v) is 7.70. The van der Waals surface area contributed by atoms with Gasteiger partial charge in [0.2, 0.25) is 0 Å². The fourth-order valence-electron chi connectivity index (χ4n) is 2.32. The van der Waals surface area contributed by atoms with E-state index < -0.39 is 0 Å². The number of rotatable bonds is 6. The summed E-state index contributed by atoms with van der Waals surface area (Å²) < 4.78 is 1.10. The molecule has 0 aliphatic rings. The molecular weight excluding hydrogens is 346 g/mol. The number of aromatic nitrogens is 1. The van der Waals surface area contributed by atoms with Crippen molar-refractivity contribution in [1.29, 1.82) is 0 Å². The predicted molar refractivity (Wildman–Crippen MR) is 93.6 cm³/mol. The lowest BCUT2D eigenvalue weighted by Crippen LogP contribution is -2.51. The van der Waals surface area contributed by atoms with Gasteiger partial charge in [-0.05, 0) is 45.0 Å². The number of likely N-dealkylation sites (N-methyl/N-ethyl adjacent to an activating group) is 1. The van der Waals surface area contributed by atoms with E-state index in [1.807, 2.05) is 6.92 Å². The predicted octanol–water partition coefficient (Wildman–Crippen LogP) is 3.61. The van der Waals surface area contributed by atoms with Gasteiger partial charge in [0, 0.05) is 28.5 Å². The Morgan fingerprint density at radius 1 is 1.33 bits per heavy atom. The van der Waals surface area contributed by atoms with E-state index in [-0.39, 0.29) is 5.54 Å². The number of nitrogens with two attached hydrogens (primary N) is 1. The lowest BCUT2D eigenvalue weighted by molar-refractivity contribution is 0.134. The van der Waals surface area contributed by atoms with Gasteiger partial charge in [0.05, 0.1) is 10.7 Å². The molecule has 1 aromatic carbocycles. The molecule has 1 aromatic heterocycles. The van der Waals surface area contributed by atoms with Crippen molar-refractivity contribution >= 4 is 27.3 Å². The second kappa shape index (κ2) is 7.01. The van der Waals surface area contributed by atoms with Crippen LogP contribution in [0.3, 0.4) is 0 Å². The first-order chi connectivity index (χ1) is 9.93. The van der Waals surface area contributed by atoms with Crippen LogP contribution in [-0.2, 0) is 13.0 Å². The molecule has 3 nitrogen and oxygen atoms in total. The maximum atomic E-state index is 6.08. The highest BCUT2D eigenvalue weighted by atomic mass is 79.9. The van der Waals surface area contributed by atoms with Crippen molar-refractivity contribution in [3.63, 3.8) is 0 Å². The zero-order chi connectivity index (χ0) is 15.5. The van der Waals surface area contributed by atoms with Crippen molar-refractivity contribution in [1.82, 2.24) is 9.88 Å². The third-order valence-corrected chi connectivity index (χ3v) is 5.28. The molecular formula is C16H22BrN3S. The zero-order valence-electron chi connectivity index (χ0n) is 12.8. The summed E-state index contributed by atoms with van der Waals surface area (Å²) in [4.78, 5) is 6.86. The molecule has 0 fully saturated rings. The van der Waals surface area contributed by atoms with Gasteiger partial charge in [-0.25, -0.2) is 4.98 Å². The minimum Gasteiger partial charge on any atom is -0.329 e. The Bertz CT molecular complexity index is 581. The standard InChI is InChI=1S/C16H22BrN3S/c1-12-19-15(10-21-12)9-20(3)16(2,11-18)8-13-4-6-14(17)7-5-13/h4-7,10H,8-9,11,18H2,1-3H3. The summed E-state index contributed by atoms with van der Waals surface area (Å²) in [5, 5.41) is 3.24. The first-order valence-corrected chi connectivity index (χ1v) is 8.67. The van der Waals surface area contributed by atoms with E-state index in [0.29, 0.717) is 6.54 Å². The third-order valence-electron chi connectivity index (χ3n) is 3.93. The molecule has 2 N–H and O–H groups in total. The van der Waals surface area contributed by atoms with E-state index in [9.17, 15) is 0 Å². The van der Waals surface area contributed by atoms with Gasteiger partial charge in [-0.3, -0.25) is 4.90 Å².